The number of hydrogen-bond donors (Lipinski definition) is 0. The molecule has 2 heterocycles. The molecule has 5 nitrogen and oxygen atoms in total. The number of nitrogens with zero attached hydrogens (tertiary/aromatic N) is 2. The third-order valence-electron chi connectivity index (χ3n) is 5.54. The van der Waals surface area contributed by atoms with Gasteiger partial charge in [-0.3, -0.25) is 4.79 Å². The van der Waals surface area contributed by atoms with Crippen molar-refractivity contribution in [3.8, 4) is 0 Å². The Morgan fingerprint density at radius 3 is 2.54 bits per heavy atom. The van der Waals surface area contributed by atoms with Crippen molar-refractivity contribution < 1.29 is 13.2 Å². The molecule has 28 heavy (non-hydrogen) atoms. The number of para-hydroxylation sites is 1. The van der Waals surface area contributed by atoms with E-state index in [1.807, 2.05) is 31.2 Å². The maximum absolute atomic E-state index is 13.3. The lowest BCUT2D eigenvalue weighted by molar-refractivity contribution is 0.0981. The highest BCUT2D eigenvalue weighted by molar-refractivity contribution is 7.89. The van der Waals surface area contributed by atoms with E-state index >= 15 is 0 Å². The average molecular weight is 419 g/mol. The van der Waals surface area contributed by atoms with E-state index in [0.29, 0.717) is 18.7 Å². The third kappa shape index (κ3) is 3.34. The smallest absolute Gasteiger partial charge is 0.258 e. The van der Waals surface area contributed by atoms with Crippen LogP contribution in [0, 0.1) is 0 Å². The van der Waals surface area contributed by atoms with E-state index in [9.17, 15) is 13.2 Å². The second kappa shape index (κ2) is 7.50. The van der Waals surface area contributed by atoms with Crippen LogP contribution >= 0.6 is 11.6 Å². The van der Waals surface area contributed by atoms with Gasteiger partial charge in [0, 0.05) is 30.4 Å². The van der Waals surface area contributed by atoms with Gasteiger partial charge in [-0.25, -0.2) is 8.42 Å². The van der Waals surface area contributed by atoms with Gasteiger partial charge in [-0.05, 0) is 56.0 Å². The minimum atomic E-state index is -3.72. The van der Waals surface area contributed by atoms with Gasteiger partial charge >= 0.3 is 0 Å². The number of rotatable bonds is 3. The first-order chi connectivity index (χ1) is 13.4. The van der Waals surface area contributed by atoms with Gasteiger partial charge < -0.3 is 4.90 Å². The highest BCUT2D eigenvalue weighted by atomic mass is 35.5. The number of carbonyl (C=O) groups excluding carboxylic acids is 1. The van der Waals surface area contributed by atoms with E-state index in [0.717, 1.165) is 36.9 Å². The number of halogens is 1. The molecule has 1 saturated heterocycles. The zero-order valence-corrected chi connectivity index (χ0v) is 17.3. The van der Waals surface area contributed by atoms with Gasteiger partial charge in [-0.2, -0.15) is 4.31 Å². The number of anilines is 1. The molecule has 0 saturated carbocycles. The van der Waals surface area contributed by atoms with Crippen LogP contribution in [0.4, 0.5) is 5.69 Å². The lowest BCUT2D eigenvalue weighted by atomic mass is 10.1. The van der Waals surface area contributed by atoms with Crippen LogP contribution in [-0.4, -0.2) is 37.8 Å². The molecule has 4 rings (SSSR count). The molecule has 7 heteroatoms. The molecule has 0 unspecified atom stereocenters. The van der Waals surface area contributed by atoms with Crippen LogP contribution in [0.25, 0.3) is 0 Å². The second-order valence-electron chi connectivity index (χ2n) is 7.47. The summed E-state index contributed by atoms with van der Waals surface area (Å²) in [6.07, 6.45) is 3.51. The van der Waals surface area contributed by atoms with Crippen molar-refractivity contribution in [3.63, 3.8) is 0 Å². The van der Waals surface area contributed by atoms with Crippen LogP contribution in [0.1, 0.15) is 42.1 Å². The highest BCUT2D eigenvalue weighted by Gasteiger charge is 2.33. The van der Waals surface area contributed by atoms with Gasteiger partial charge in [0.05, 0.1) is 5.02 Å². The lowest BCUT2D eigenvalue weighted by Gasteiger charge is -2.27. The third-order valence-corrected chi connectivity index (χ3v) is 7.92. The second-order valence-corrected chi connectivity index (χ2v) is 9.78. The van der Waals surface area contributed by atoms with Crippen molar-refractivity contribution >= 4 is 33.2 Å². The minimum Gasteiger partial charge on any atom is -0.305 e. The van der Waals surface area contributed by atoms with Crippen molar-refractivity contribution in [1.29, 1.82) is 0 Å². The molecule has 2 aromatic rings. The van der Waals surface area contributed by atoms with Crippen LogP contribution in [0.3, 0.4) is 0 Å². The summed E-state index contributed by atoms with van der Waals surface area (Å²) >= 11 is 6.24. The number of piperidine rings is 1. The standard InChI is InChI=1S/C21H23ClN2O3S/c1-15-13-16-7-3-4-8-19(16)24(15)21(25)17-9-10-18(22)20(14-17)28(26,27)23-11-5-2-6-12-23/h3-4,7-10,14-15H,2,5-6,11-13H2,1H3/t15-/m0/s1. The van der Waals surface area contributed by atoms with Gasteiger partial charge in [0.15, 0.2) is 0 Å². The van der Waals surface area contributed by atoms with E-state index in [1.54, 1.807) is 11.0 Å². The number of sulfonamides is 1. The van der Waals surface area contributed by atoms with Crippen LogP contribution in [-0.2, 0) is 16.4 Å². The van der Waals surface area contributed by atoms with Crippen molar-refractivity contribution in [1.82, 2.24) is 4.31 Å². The van der Waals surface area contributed by atoms with Gasteiger partial charge in [0.2, 0.25) is 10.0 Å². The molecule has 0 aromatic heterocycles. The van der Waals surface area contributed by atoms with Crippen LogP contribution in [0.5, 0.6) is 0 Å². The Bertz CT molecular complexity index is 1020. The van der Waals surface area contributed by atoms with E-state index in [4.69, 9.17) is 11.6 Å². The summed E-state index contributed by atoms with van der Waals surface area (Å²) in [5.41, 5.74) is 2.34. The van der Waals surface area contributed by atoms with E-state index in [1.165, 1.54) is 16.4 Å². The zero-order valence-electron chi connectivity index (χ0n) is 15.8. The Morgan fingerprint density at radius 1 is 1.07 bits per heavy atom. The molecule has 0 aliphatic carbocycles. The molecule has 0 N–H and O–H groups in total. The first kappa shape index (κ1) is 19.4. The van der Waals surface area contributed by atoms with Gasteiger partial charge in [0.1, 0.15) is 4.90 Å². The SMILES string of the molecule is C[C@H]1Cc2ccccc2N1C(=O)c1ccc(Cl)c(S(=O)(=O)N2CCCCC2)c1. The molecule has 148 valence electrons. The van der Waals surface area contributed by atoms with E-state index in [2.05, 4.69) is 0 Å². The Hall–Kier alpha value is -1.89. The van der Waals surface area contributed by atoms with Crippen LogP contribution in [0.2, 0.25) is 5.02 Å². The molecule has 1 fully saturated rings. The Balaban J connectivity index is 1.70. The summed E-state index contributed by atoms with van der Waals surface area (Å²) in [4.78, 5) is 15.0. The summed E-state index contributed by atoms with van der Waals surface area (Å²) < 4.78 is 27.6. The number of fused-ring (bicyclic) bond motifs is 1. The topological polar surface area (TPSA) is 57.7 Å². The maximum atomic E-state index is 13.3. The first-order valence-electron chi connectivity index (χ1n) is 9.61. The average Bonchev–Trinajstić information content (AvgIpc) is 3.04. The number of benzene rings is 2. The molecular formula is C21H23ClN2O3S. The summed E-state index contributed by atoms with van der Waals surface area (Å²) in [5, 5.41) is 0.150. The number of amides is 1. The van der Waals surface area contributed by atoms with Gasteiger partial charge in [-0.15, -0.1) is 0 Å². The number of hydrogen-bond acceptors (Lipinski definition) is 3. The predicted molar refractivity (Wildman–Crippen MR) is 110 cm³/mol. The lowest BCUT2D eigenvalue weighted by Crippen LogP contribution is -2.37. The number of carbonyl (C=O) groups is 1. The quantitative estimate of drug-likeness (QED) is 0.753. The molecule has 0 bridgehead atoms. The highest BCUT2D eigenvalue weighted by Crippen LogP contribution is 2.34. The fraction of sp³-hybridized carbons (Fsp3) is 0.381. The molecule has 2 aliphatic rings. The molecule has 0 radical (unpaired) electrons. The van der Waals surface area contributed by atoms with Crippen molar-refractivity contribution in [3.05, 3.63) is 58.6 Å². The summed E-state index contributed by atoms with van der Waals surface area (Å²) in [5.74, 6) is -0.204. The van der Waals surface area contributed by atoms with Crippen molar-refractivity contribution in [2.75, 3.05) is 18.0 Å². The summed E-state index contributed by atoms with van der Waals surface area (Å²) in [6, 6.07) is 12.4. The predicted octanol–water partition coefficient (Wildman–Crippen LogP) is 4.11. The molecule has 2 aliphatic heterocycles. The van der Waals surface area contributed by atoms with Crippen LogP contribution in [0.15, 0.2) is 47.4 Å². The maximum Gasteiger partial charge on any atom is 0.258 e. The largest absolute Gasteiger partial charge is 0.305 e. The van der Waals surface area contributed by atoms with Crippen molar-refractivity contribution in [2.24, 2.45) is 0 Å². The van der Waals surface area contributed by atoms with E-state index < -0.39 is 10.0 Å². The van der Waals surface area contributed by atoms with Gasteiger partial charge in [-0.1, -0.05) is 36.2 Å². The minimum absolute atomic E-state index is 0.0158. The Labute approximate surface area is 171 Å². The molecule has 1 atom stereocenters. The van der Waals surface area contributed by atoms with Gasteiger partial charge in [0.25, 0.3) is 5.91 Å². The monoisotopic (exact) mass is 418 g/mol. The Morgan fingerprint density at radius 2 is 1.79 bits per heavy atom. The normalized spacial score (nSPS) is 20.2. The zero-order chi connectivity index (χ0) is 19.9. The molecular weight excluding hydrogens is 396 g/mol. The fourth-order valence-electron chi connectivity index (χ4n) is 4.09. The summed E-state index contributed by atoms with van der Waals surface area (Å²) in [7, 11) is -3.72. The molecule has 0 spiro atoms. The fourth-order valence-corrected chi connectivity index (χ4v) is 6.11. The first-order valence-corrected chi connectivity index (χ1v) is 11.4. The Kier molecular flexibility index (Phi) is 5.21. The van der Waals surface area contributed by atoms with Crippen molar-refractivity contribution in [2.45, 2.75) is 43.5 Å². The van der Waals surface area contributed by atoms with E-state index in [-0.39, 0.29) is 21.9 Å². The molecule has 1 amide bonds. The molecule has 2 aromatic carbocycles. The van der Waals surface area contributed by atoms with Crippen LogP contribution < -0.4 is 4.90 Å². The summed E-state index contributed by atoms with van der Waals surface area (Å²) in [6.45, 7) is 2.99.